The molecule has 0 radical (unpaired) electrons. The van der Waals surface area contributed by atoms with E-state index in [1.54, 1.807) is 34.7 Å². The lowest BCUT2D eigenvalue weighted by Gasteiger charge is -2.57. The molecule has 0 spiro atoms. The number of rotatable bonds is 8. The number of nitrogens with two attached hydrogens (primary N) is 3. The lowest BCUT2D eigenvalue weighted by atomic mass is 9.64. The number of hydrogen-bond donors (Lipinski definition) is 10. The lowest BCUT2D eigenvalue weighted by Crippen LogP contribution is -2.76. The van der Waals surface area contributed by atoms with Crippen LogP contribution in [0, 0.1) is 5.92 Å². The van der Waals surface area contributed by atoms with Gasteiger partial charge in [-0.2, -0.15) is 0 Å². The molecule has 15 atom stereocenters. The zero-order valence-electron chi connectivity index (χ0n) is 23.7. The zero-order chi connectivity index (χ0) is 29.7. The molecule has 230 valence electrons. The molecular weight excluding hydrogens is 516 g/mol. The van der Waals surface area contributed by atoms with Gasteiger partial charge in [0.1, 0.15) is 35.6 Å². The molecule has 13 N–H and O–H groups in total. The maximum Gasteiger partial charge on any atom is 0.186 e. The minimum absolute atomic E-state index is 0.0541. The van der Waals surface area contributed by atoms with Gasteiger partial charge >= 0.3 is 0 Å². The second-order valence-corrected chi connectivity index (χ2v) is 12.5. The Bertz CT molecular complexity index is 837. The summed E-state index contributed by atoms with van der Waals surface area (Å²) in [6.45, 7) is 7.71. The van der Waals surface area contributed by atoms with E-state index >= 15 is 0 Å². The minimum Gasteiger partial charge on any atom is -0.391 e. The Labute approximate surface area is 229 Å². The molecule has 2 heterocycles. The van der Waals surface area contributed by atoms with Crippen molar-refractivity contribution in [1.29, 1.82) is 0 Å². The van der Waals surface area contributed by atoms with Gasteiger partial charge in [0, 0.05) is 17.5 Å². The van der Waals surface area contributed by atoms with Gasteiger partial charge in [0.15, 0.2) is 6.29 Å². The monoisotopic (exact) mass is 566 g/mol. The molecule has 0 aromatic rings. The third-order valence-electron chi connectivity index (χ3n) is 9.49. The Kier molecular flexibility index (Phi) is 9.81. The van der Waals surface area contributed by atoms with Crippen LogP contribution in [0.2, 0.25) is 0 Å². The number of ether oxygens (including phenoxy) is 4. The Balaban J connectivity index is 1.73. The smallest absolute Gasteiger partial charge is 0.186 e. The van der Waals surface area contributed by atoms with Crippen molar-refractivity contribution in [3.63, 3.8) is 0 Å². The van der Waals surface area contributed by atoms with E-state index in [2.05, 4.69) is 5.32 Å². The average Bonchev–Trinajstić information content (AvgIpc) is 2.85. The van der Waals surface area contributed by atoms with Gasteiger partial charge in [0.05, 0.1) is 49.7 Å². The van der Waals surface area contributed by atoms with Gasteiger partial charge in [-0.25, -0.2) is 0 Å². The van der Waals surface area contributed by atoms with Crippen LogP contribution < -0.4 is 22.5 Å². The third kappa shape index (κ3) is 5.88. The first-order valence-electron chi connectivity index (χ1n) is 13.5. The van der Waals surface area contributed by atoms with Gasteiger partial charge in [-0.15, -0.1) is 0 Å². The van der Waals surface area contributed by atoms with Gasteiger partial charge < -0.3 is 72.1 Å². The van der Waals surface area contributed by atoms with Crippen LogP contribution in [-0.4, -0.2) is 141 Å². The van der Waals surface area contributed by atoms with Crippen molar-refractivity contribution in [2.45, 2.75) is 124 Å². The molecule has 2 aliphatic heterocycles. The highest BCUT2D eigenvalue weighted by molar-refractivity contribution is 5.13. The van der Waals surface area contributed by atoms with Crippen LogP contribution in [-0.2, 0) is 18.9 Å². The van der Waals surface area contributed by atoms with E-state index in [0.717, 1.165) is 0 Å². The number of likely N-dealkylation sites (N-methyl/N-ethyl adjacent to an activating group) is 1. The SMILES string of the molecule is CNC1(C)C(O)C(OC2(C)C(N)CC(C)(N)C(COCC3OC(C(C)O)C(O)C(O)C3N)C2O)OCC1(C)O. The summed E-state index contributed by atoms with van der Waals surface area (Å²) in [5, 5.41) is 66.8. The molecular formula is C25H50N4O10. The molecule has 0 aromatic carbocycles. The Morgan fingerprint density at radius 2 is 1.64 bits per heavy atom. The van der Waals surface area contributed by atoms with E-state index < -0.39 is 89.3 Å². The summed E-state index contributed by atoms with van der Waals surface area (Å²) >= 11 is 0. The fraction of sp³-hybridized carbons (Fsp3) is 1.00. The fourth-order valence-corrected chi connectivity index (χ4v) is 5.96. The first-order chi connectivity index (χ1) is 17.8. The summed E-state index contributed by atoms with van der Waals surface area (Å²) in [7, 11) is 1.61. The van der Waals surface area contributed by atoms with Gasteiger partial charge in [-0.1, -0.05) is 0 Å². The van der Waals surface area contributed by atoms with Gasteiger partial charge in [0.25, 0.3) is 0 Å². The predicted molar refractivity (Wildman–Crippen MR) is 139 cm³/mol. The fourth-order valence-electron chi connectivity index (χ4n) is 5.96. The first-order valence-corrected chi connectivity index (χ1v) is 13.5. The number of nitrogens with one attached hydrogen (secondary N) is 1. The maximum atomic E-state index is 11.6. The highest BCUT2D eigenvalue weighted by Gasteiger charge is 2.60. The van der Waals surface area contributed by atoms with E-state index in [1.807, 2.05) is 0 Å². The Hall–Kier alpha value is -0.560. The second kappa shape index (κ2) is 11.6. The Morgan fingerprint density at radius 3 is 2.21 bits per heavy atom. The minimum atomic E-state index is -1.41. The molecule has 0 bridgehead atoms. The second-order valence-electron chi connectivity index (χ2n) is 12.5. The summed E-state index contributed by atoms with van der Waals surface area (Å²) in [6.07, 6.45) is -9.15. The predicted octanol–water partition coefficient (Wildman–Crippen LogP) is -4.15. The summed E-state index contributed by atoms with van der Waals surface area (Å²) < 4.78 is 23.5. The van der Waals surface area contributed by atoms with Crippen LogP contribution in [0.3, 0.4) is 0 Å². The van der Waals surface area contributed by atoms with Gasteiger partial charge in [-0.05, 0) is 48.1 Å². The van der Waals surface area contributed by atoms with Crippen LogP contribution in [0.5, 0.6) is 0 Å². The molecule has 0 aromatic heterocycles. The third-order valence-corrected chi connectivity index (χ3v) is 9.49. The number of hydrogen-bond acceptors (Lipinski definition) is 14. The van der Waals surface area contributed by atoms with E-state index in [0.29, 0.717) is 0 Å². The average molecular weight is 567 g/mol. The highest BCUT2D eigenvalue weighted by Crippen LogP contribution is 2.43. The summed E-state index contributed by atoms with van der Waals surface area (Å²) in [4.78, 5) is 0. The van der Waals surface area contributed by atoms with Crippen molar-refractivity contribution in [3.05, 3.63) is 0 Å². The largest absolute Gasteiger partial charge is 0.391 e. The van der Waals surface area contributed by atoms with Crippen molar-refractivity contribution >= 4 is 0 Å². The standard InChI is InChI=1S/C25H50N4O10/c1-11(30)18-17(32)16(31)15(27)13(38-18)9-36-8-12-19(33)24(4,14(26)7-22(12,2)28)39-21-20(34)25(5,29-6)23(3,35)10-37-21/h11-21,29-35H,7-10,26-28H2,1-6H3. The van der Waals surface area contributed by atoms with Crippen LogP contribution in [0.15, 0.2) is 0 Å². The summed E-state index contributed by atoms with van der Waals surface area (Å²) in [5.74, 6) is -0.690. The van der Waals surface area contributed by atoms with Crippen LogP contribution in [0.25, 0.3) is 0 Å². The molecule has 1 aliphatic carbocycles. The van der Waals surface area contributed by atoms with Crippen LogP contribution >= 0.6 is 0 Å². The topological polar surface area (TPSA) is 248 Å². The van der Waals surface area contributed by atoms with Gasteiger partial charge in [0.2, 0.25) is 0 Å². The normalized spacial score (nSPS) is 53.9. The maximum absolute atomic E-state index is 11.6. The van der Waals surface area contributed by atoms with E-state index in [9.17, 15) is 30.6 Å². The molecule has 2 saturated heterocycles. The first kappa shape index (κ1) is 32.9. The molecule has 15 unspecified atom stereocenters. The molecule has 3 aliphatic rings. The molecule has 14 heteroatoms. The van der Waals surface area contributed by atoms with Crippen molar-refractivity contribution in [3.8, 4) is 0 Å². The van der Waals surface area contributed by atoms with Crippen LogP contribution in [0.4, 0.5) is 0 Å². The molecule has 1 saturated carbocycles. The van der Waals surface area contributed by atoms with Crippen molar-refractivity contribution in [2.24, 2.45) is 23.1 Å². The van der Waals surface area contributed by atoms with Crippen molar-refractivity contribution in [1.82, 2.24) is 5.32 Å². The molecule has 39 heavy (non-hydrogen) atoms. The van der Waals surface area contributed by atoms with E-state index in [-0.39, 0.29) is 26.2 Å². The highest BCUT2D eigenvalue weighted by atomic mass is 16.7. The molecule has 3 rings (SSSR count). The van der Waals surface area contributed by atoms with Gasteiger partial charge in [-0.3, -0.25) is 0 Å². The lowest BCUT2D eigenvalue weighted by molar-refractivity contribution is -0.335. The van der Waals surface area contributed by atoms with E-state index in [4.69, 9.17) is 36.1 Å². The molecule has 0 amide bonds. The van der Waals surface area contributed by atoms with Crippen molar-refractivity contribution in [2.75, 3.05) is 26.9 Å². The quantitative estimate of drug-likeness (QED) is 0.134. The van der Waals surface area contributed by atoms with E-state index in [1.165, 1.54) is 6.92 Å². The Morgan fingerprint density at radius 1 is 1.03 bits per heavy atom. The van der Waals surface area contributed by atoms with Crippen molar-refractivity contribution < 1.29 is 49.6 Å². The summed E-state index contributed by atoms with van der Waals surface area (Å²) in [6, 6.07) is -1.71. The van der Waals surface area contributed by atoms with Crippen LogP contribution in [0.1, 0.15) is 41.0 Å². The zero-order valence-corrected chi connectivity index (χ0v) is 23.7. The number of aliphatic hydroxyl groups is 6. The molecule has 3 fully saturated rings. The molecule has 14 nitrogen and oxygen atoms in total. The number of aliphatic hydroxyl groups excluding tert-OH is 5. The summed E-state index contributed by atoms with van der Waals surface area (Å²) in [5.41, 5.74) is 14.1.